The molecule has 2 atom stereocenters. The van der Waals surface area contributed by atoms with E-state index in [1.807, 2.05) is 0 Å². The number of morpholine rings is 2. The Morgan fingerprint density at radius 3 is 2.56 bits per heavy atom. The van der Waals surface area contributed by atoms with Crippen LogP contribution in [0.4, 0.5) is 5.69 Å². The summed E-state index contributed by atoms with van der Waals surface area (Å²) in [6.45, 7) is 4.89. The summed E-state index contributed by atoms with van der Waals surface area (Å²) in [4.78, 5) is 17.3. The van der Waals surface area contributed by atoms with Crippen molar-refractivity contribution in [3.8, 4) is 0 Å². The van der Waals surface area contributed by atoms with E-state index >= 15 is 0 Å². The number of carbonyl (C=O) groups is 1. The van der Waals surface area contributed by atoms with Crippen LogP contribution in [0.5, 0.6) is 0 Å². The van der Waals surface area contributed by atoms with E-state index in [0.717, 1.165) is 51.3 Å². The van der Waals surface area contributed by atoms with E-state index in [1.54, 1.807) is 0 Å². The zero-order valence-corrected chi connectivity index (χ0v) is 14.9. The largest absolute Gasteiger partial charge is 0.378 e. The molecule has 0 spiro atoms. The molecule has 3 aliphatic rings. The number of carbonyl (C=O) groups excluding carboxylic acids is 1. The first kappa shape index (κ1) is 16.9. The second kappa shape index (κ2) is 7.75. The fourth-order valence-electron chi connectivity index (χ4n) is 4.33. The Balaban J connectivity index is 1.38. The standard InChI is InChI=1S/C20H28N2O3/c23-20(22-11-14-25-19-4-2-1-3-18(19)22)15-16-5-7-17(8-6-16)21-9-12-24-13-10-21/h5-8,18-19H,1-4,9-15H2. The molecule has 1 saturated carbocycles. The first-order chi connectivity index (χ1) is 12.3. The zero-order chi connectivity index (χ0) is 17.1. The molecule has 0 N–H and O–H groups in total. The highest BCUT2D eigenvalue weighted by Crippen LogP contribution is 2.29. The van der Waals surface area contributed by atoms with E-state index in [2.05, 4.69) is 34.1 Å². The smallest absolute Gasteiger partial charge is 0.227 e. The van der Waals surface area contributed by atoms with Crippen LogP contribution < -0.4 is 4.90 Å². The first-order valence-corrected chi connectivity index (χ1v) is 9.64. The third-order valence-electron chi connectivity index (χ3n) is 5.72. The van der Waals surface area contributed by atoms with Gasteiger partial charge >= 0.3 is 0 Å². The molecule has 1 aromatic rings. The number of hydrogen-bond acceptors (Lipinski definition) is 4. The van der Waals surface area contributed by atoms with Gasteiger partial charge in [-0.25, -0.2) is 0 Å². The molecule has 2 heterocycles. The number of anilines is 1. The van der Waals surface area contributed by atoms with Gasteiger partial charge in [0.05, 0.1) is 38.4 Å². The lowest BCUT2D eigenvalue weighted by molar-refractivity contribution is -0.148. The van der Waals surface area contributed by atoms with Gasteiger partial charge in [0.25, 0.3) is 0 Å². The fourth-order valence-corrected chi connectivity index (χ4v) is 4.33. The molecule has 4 rings (SSSR count). The summed E-state index contributed by atoms with van der Waals surface area (Å²) in [5, 5.41) is 0. The van der Waals surface area contributed by atoms with Crippen LogP contribution in [-0.2, 0) is 20.7 Å². The number of amides is 1. The van der Waals surface area contributed by atoms with Gasteiger partial charge in [-0.2, -0.15) is 0 Å². The molecule has 136 valence electrons. The minimum Gasteiger partial charge on any atom is -0.378 e. The van der Waals surface area contributed by atoms with Crippen molar-refractivity contribution in [1.82, 2.24) is 4.90 Å². The number of fused-ring (bicyclic) bond motifs is 1. The van der Waals surface area contributed by atoms with Crippen LogP contribution in [0.1, 0.15) is 31.2 Å². The van der Waals surface area contributed by atoms with E-state index in [1.165, 1.54) is 18.5 Å². The monoisotopic (exact) mass is 344 g/mol. The summed E-state index contributed by atoms with van der Waals surface area (Å²) in [7, 11) is 0. The Hall–Kier alpha value is -1.59. The molecule has 0 bridgehead atoms. The van der Waals surface area contributed by atoms with Crippen molar-refractivity contribution < 1.29 is 14.3 Å². The first-order valence-electron chi connectivity index (χ1n) is 9.64. The van der Waals surface area contributed by atoms with E-state index in [-0.39, 0.29) is 12.0 Å². The Morgan fingerprint density at radius 2 is 1.76 bits per heavy atom. The maximum Gasteiger partial charge on any atom is 0.227 e. The van der Waals surface area contributed by atoms with Gasteiger partial charge in [0.1, 0.15) is 0 Å². The molecular weight excluding hydrogens is 316 g/mol. The normalized spacial score (nSPS) is 27.0. The Kier molecular flexibility index (Phi) is 5.22. The molecule has 2 saturated heterocycles. The van der Waals surface area contributed by atoms with Crippen molar-refractivity contribution in [1.29, 1.82) is 0 Å². The van der Waals surface area contributed by atoms with Crippen molar-refractivity contribution in [2.75, 3.05) is 44.4 Å². The summed E-state index contributed by atoms with van der Waals surface area (Å²) < 4.78 is 11.3. The lowest BCUT2D eigenvalue weighted by Crippen LogP contribution is -2.55. The number of nitrogens with zero attached hydrogens (tertiary/aromatic N) is 2. The van der Waals surface area contributed by atoms with Crippen LogP contribution in [0.3, 0.4) is 0 Å². The summed E-state index contributed by atoms with van der Waals surface area (Å²) in [6.07, 6.45) is 5.38. The van der Waals surface area contributed by atoms with Gasteiger partial charge < -0.3 is 19.3 Å². The predicted octanol–water partition coefficient (Wildman–Crippen LogP) is 2.24. The van der Waals surface area contributed by atoms with Gasteiger partial charge in [0, 0.05) is 25.3 Å². The van der Waals surface area contributed by atoms with Crippen LogP contribution in [0.2, 0.25) is 0 Å². The van der Waals surface area contributed by atoms with E-state index in [0.29, 0.717) is 19.1 Å². The van der Waals surface area contributed by atoms with Gasteiger partial charge in [0.2, 0.25) is 5.91 Å². The van der Waals surface area contributed by atoms with Crippen molar-refractivity contribution in [3.63, 3.8) is 0 Å². The Bertz CT molecular complexity index is 581. The third kappa shape index (κ3) is 3.82. The van der Waals surface area contributed by atoms with Crippen molar-refractivity contribution in [2.45, 2.75) is 44.2 Å². The molecule has 0 radical (unpaired) electrons. The molecule has 2 aliphatic heterocycles. The van der Waals surface area contributed by atoms with Crippen LogP contribution >= 0.6 is 0 Å². The highest BCUT2D eigenvalue weighted by molar-refractivity contribution is 5.79. The topological polar surface area (TPSA) is 42.0 Å². The van der Waals surface area contributed by atoms with Crippen LogP contribution in [0, 0.1) is 0 Å². The average Bonchev–Trinajstić information content (AvgIpc) is 2.69. The molecule has 3 fully saturated rings. The van der Waals surface area contributed by atoms with Gasteiger partial charge in [-0.15, -0.1) is 0 Å². The summed E-state index contributed by atoms with van der Waals surface area (Å²) in [6, 6.07) is 8.76. The van der Waals surface area contributed by atoms with E-state index < -0.39 is 0 Å². The lowest BCUT2D eigenvalue weighted by atomic mass is 9.90. The third-order valence-corrected chi connectivity index (χ3v) is 5.72. The molecule has 5 heteroatoms. The molecule has 2 unspecified atom stereocenters. The number of hydrogen-bond donors (Lipinski definition) is 0. The Morgan fingerprint density at radius 1 is 1.00 bits per heavy atom. The van der Waals surface area contributed by atoms with Crippen molar-refractivity contribution >= 4 is 11.6 Å². The minimum atomic E-state index is 0.249. The van der Waals surface area contributed by atoms with Crippen LogP contribution in [0.15, 0.2) is 24.3 Å². The van der Waals surface area contributed by atoms with Gasteiger partial charge in [-0.3, -0.25) is 4.79 Å². The highest BCUT2D eigenvalue weighted by atomic mass is 16.5. The molecule has 1 aromatic carbocycles. The summed E-state index contributed by atoms with van der Waals surface area (Å²) in [5.74, 6) is 0.249. The molecule has 5 nitrogen and oxygen atoms in total. The van der Waals surface area contributed by atoms with Crippen LogP contribution in [0.25, 0.3) is 0 Å². The minimum absolute atomic E-state index is 0.249. The average molecular weight is 344 g/mol. The zero-order valence-electron chi connectivity index (χ0n) is 14.9. The molecule has 1 amide bonds. The second-order valence-electron chi connectivity index (χ2n) is 7.29. The van der Waals surface area contributed by atoms with Gasteiger partial charge in [0.15, 0.2) is 0 Å². The summed E-state index contributed by atoms with van der Waals surface area (Å²) >= 11 is 0. The van der Waals surface area contributed by atoms with Crippen molar-refractivity contribution in [2.24, 2.45) is 0 Å². The Labute approximate surface area is 149 Å². The highest BCUT2D eigenvalue weighted by Gasteiger charge is 2.36. The number of rotatable bonds is 3. The van der Waals surface area contributed by atoms with Crippen molar-refractivity contribution in [3.05, 3.63) is 29.8 Å². The van der Waals surface area contributed by atoms with Gasteiger partial charge in [-0.1, -0.05) is 25.0 Å². The molecular formula is C20H28N2O3. The maximum atomic E-state index is 12.9. The molecule has 1 aliphatic carbocycles. The predicted molar refractivity (Wildman–Crippen MR) is 96.9 cm³/mol. The molecule has 25 heavy (non-hydrogen) atoms. The maximum absolute atomic E-state index is 12.9. The molecule has 0 aromatic heterocycles. The van der Waals surface area contributed by atoms with E-state index in [9.17, 15) is 4.79 Å². The number of benzene rings is 1. The SMILES string of the molecule is O=C(Cc1ccc(N2CCOCC2)cc1)N1CCOC2CCCCC21. The lowest BCUT2D eigenvalue weighted by Gasteiger charge is -2.43. The van der Waals surface area contributed by atoms with Gasteiger partial charge in [-0.05, 0) is 30.5 Å². The number of ether oxygens (including phenoxy) is 2. The second-order valence-corrected chi connectivity index (χ2v) is 7.29. The van der Waals surface area contributed by atoms with E-state index in [4.69, 9.17) is 9.47 Å². The summed E-state index contributed by atoms with van der Waals surface area (Å²) in [5.41, 5.74) is 2.32. The fraction of sp³-hybridized carbons (Fsp3) is 0.650. The van der Waals surface area contributed by atoms with Crippen LogP contribution in [-0.4, -0.2) is 62.4 Å². The quantitative estimate of drug-likeness (QED) is 0.843.